The zero-order valence-electron chi connectivity index (χ0n) is 20.5. The number of carbonyl (C=O) groups is 2. The van der Waals surface area contributed by atoms with Crippen LogP contribution in [0.25, 0.3) is 6.08 Å². The van der Waals surface area contributed by atoms with Crippen LogP contribution in [0.1, 0.15) is 52.5 Å². The summed E-state index contributed by atoms with van der Waals surface area (Å²) in [5.74, 6) is -0.844. The first-order chi connectivity index (χ1) is 16.5. The van der Waals surface area contributed by atoms with Crippen molar-refractivity contribution >= 4 is 23.7 Å². The minimum Gasteiger partial charge on any atom is -0.457 e. The van der Waals surface area contributed by atoms with Crippen LogP contribution in [-0.4, -0.2) is 52.0 Å². The molecule has 0 spiro atoms. The number of nitrogens with zero attached hydrogens (tertiary/aromatic N) is 1. The number of fused-ring (bicyclic) bond motifs is 4. The predicted octanol–water partition coefficient (Wildman–Crippen LogP) is 3.67. The maximum absolute atomic E-state index is 13.0. The number of non-ortho nitro benzene ring substituents is 1. The second-order valence-electron chi connectivity index (χ2n) is 10.5. The number of aliphatic hydroxyl groups is 1. The fourth-order valence-electron chi connectivity index (χ4n) is 6.48. The van der Waals surface area contributed by atoms with Crippen LogP contribution in [0.2, 0.25) is 0 Å². The largest absolute Gasteiger partial charge is 0.457 e. The van der Waals surface area contributed by atoms with Gasteiger partial charge in [-0.3, -0.25) is 10.1 Å². The van der Waals surface area contributed by atoms with Crippen molar-refractivity contribution in [1.29, 1.82) is 0 Å². The highest BCUT2D eigenvalue weighted by Crippen LogP contribution is 2.63. The van der Waals surface area contributed by atoms with Crippen molar-refractivity contribution in [3.05, 3.63) is 46.0 Å². The average molecular weight is 488 g/mol. The van der Waals surface area contributed by atoms with Crippen molar-refractivity contribution in [2.24, 2.45) is 23.7 Å². The Morgan fingerprint density at radius 3 is 2.54 bits per heavy atom. The second kappa shape index (κ2) is 9.35. The van der Waals surface area contributed by atoms with Crippen LogP contribution in [-0.2, 0) is 23.8 Å². The maximum atomic E-state index is 13.0. The van der Waals surface area contributed by atoms with Crippen molar-refractivity contribution in [2.75, 3.05) is 6.61 Å². The van der Waals surface area contributed by atoms with E-state index in [0.29, 0.717) is 17.9 Å². The van der Waals surface area contributed by atoms with Gasteiger partial charge in [0.15, 0.2) is 0 Å². The van der Waals surface area contributed by atoms with E-state index in [9.17, 15) is 24.8 Å². The summed E-state index contributed by atoms with van der Waals surface area (Å²) in [5.41, 5.74) is -0.930. The number of benzene rings is 1. The first-order valence-electron chi connectivity index (χ1n) is 12.2. The van der Waals surface area contributed by atoms with Crippen LogP contribution in [0.4, 0.5) is 5.69 Å². The van der Waals surface area contributed by atoms with Crippen LogP contribution in [0.3, 0.4) is 0 Å². The molecule has 2 saturated heterocycles. The third-order valence-corrected chi connectivity index (χ3v) is 8.31. The van der Waals surface area contributed by atoms with Crippen molar-refractivity contribution in [3.63, 3.8) is 0 Å². The third-order valence-electron chi connectivity index (χ3n) is 8.31. The molecule has 3 fully saturated rings. The zero-order valence-corrected chi connectivity index (χ0v) is 20.5. The van der Waals surface area contributed by atoms with E-state index < -0.39 is 46.9 Å². The second-order valence-corrected chi connectivity index (χ2v) is 10.5. The number of hydrogen-bond acceptors (Lipinski definition) is 8. The van der Waals surface area contributed by atoms with E-state index in [1.54, 1.807) is 18.2 Å². The summed E-state index contributed by atoms with van der Waals surface area (Å²) < 4.78 is 18.5. The van der Waals surface area contributed by atoms with Crippen LogP contribution >= 0.6 is 0 Å². The molecule has 190 valence electrons. The smallest absolute Gasteiger partial charge is 0.332 e. The Balaban J connectivity index is 1.61. The minimum absolute atomic E-state index is 0.0232. The molecule has 0 amide bonds. The lowest BCUT2D eigenvalue weighted by atomic mass is 9.69. The van der Waals surface area contributed by atoms with E-state index >= 15 is 0 Å². The average Bonchev–Trinajstić information content (AvgIpc) is 3.33. The molecule has 4 rings (SSSR count). The lowest BCUT2D eigenvalue weighted by Gasteiger charge is -2.52. The number of ether oxygens (including phenoxy) is 3. The summed E-state index contributed by atoms with van der Waals surface area (Å²) >= 11 is 0. The van der Waals surface area contributed by atoms with Crippen molar-refractivity contribution < 1.29 is 33.8 Å². The molecule has 0 aromatic heterocycles. The highest BCUT2D eigenvalue weighted by molar-refractivity contribution is 5.87. The van der Waals surface area contributed by atoms with E-state index in [4.69, 9.17) is 14.2 Å². The van der Waals surface area contributed by atoms with Gasteiger partial charge in [0.05, 0.1) is 4.92 Å². The number of rotatable bonds is 7. The van der Waals surface area contributed by atoms with Gasteiger partial charge in [-0.2, -0.15) is 0 Å². The molecule has 3 aliphatic rings. The van der Waals surface area contributed by atoms with Crippen molar-refractivity contribution in [2.45, 2.75) is 70.4 Å². The van der Waals surface area contributed by atoms with Gasteiger partial charge in [0, 0.05) is 30.5 Å². The number of carbonyl (C=O) groups excluding carboxylic acids is 2. The molecular weight excluding hydrogens is 454 g/mol. The first-order valence-corrected chi connectivity index (χ1v) is 12.2. The highest BCUT2D eigenvalue weighted by Gasteiger charge is 2.72. The van der Waals surface area contributed by atoms with E-state index in [2.05, 4.69) is 6.92 Å². The molecule has 2 heterocycles. The van der Waals surface area contributed by atoms with Gasteiger partial charge in [-0.1, -0.05) is 20.8 Å². The molecule has 1 aromatic carbocycles. The van der Waals surface area contributed by atoms with E-state index in [1.807, 2.05) is 20.8 Å². The predicted molar refractivity (Wildman–Crippen MR) is 126 cm³/mol. The third kappa shape index (κ3) is 4.36. The fourth-order valence-corrected chi connectivity index (χ4v) is 6.48. The molecule has 9 nitrogen and oxygen atoms in total. The van der Waals surface area contributed by atoms with Gasteiger partial charge in [0.1, 0.15) is 30.0 Å². The van der Waals surface area contributed by atoms with Gasteiger partial charge in [-0.05, 0) is 61.3 Å². The van der Waals surface area contributed by atoms with Gasteiger partial charge in [-0.25, -0.2) is 9.59 Å². The lowest BCUT2D eigenvalue weighted by Crippen LogP contribution is -2.62. The molecule has 2 aliphatic heterocycles. The molecule has 35 heavy (non-hydrogen) atoms. The number of nitro groups is 1. The SMILES string of the molecule is CC(C)C12C[C@@H](OC(=O)CO)[C@@](C)(O1)[C@@H]1CC[C@@H](C)[C@H]1[C@@H]2OC(=O)C=Cc1ccc([N+](=O)[O-])cc1. The standard InChI is InChI=1S/C26H33NO8/c1-15(2)26-13-20(33-22(30)14-28)25(4,35-26)19-11-5-16(3)23(19)24(26)34-21(29)12-8-17-6-9-18(10-7-17)27(31)32/h6-10,12,15-16,19-20,23-24,28H,5,11,13-14H2,1-4H3/t16-,19-,20-,23-,24+,25+,26?/m1/s1. The van der Waals surface area contributed by atoms with Gasteiger partial charge < -0.3 is 19.3 Å². The van der Waals surface area contributed by atoms with E-state index in [0.717, 1.165) is 12.8 Å². The molecule has 9 heteroatoms. The van der Waals surface area contributed by atoms with Crippen molar-refractivity contribution in [1.82, 2.24) is 0 Å². The maximum Gasteiger partial charge on any atom is 0.332 e. The van der Waals surface area contributed by atoms with Gasteiger partial charge in [0.25, 0.3) is 5.69 Å². The van der Waals surface area contributed by atoms with Crippen LogP contribution in [0.5, 0.6) is 0 Å². The Morgan fingerprint density at radius 2 is 1.94 bits per heavy atom. The Hall–Kier alpha value is -2.78. The number of aliphatic hydroxyl groups excluding tert-OH is 1. The number of hydrogen-bond donors (Lipinski definition) is 1. The quantitative estimate of drug-likeness (QED) is 0.267. The van der Waals surface area contributed by atoms with Crippen LogP contribution in [0, 0.1) is 33.8 Å². The van der Waals surface area contributed by atoms with Gasteiger partial charge in [0.2, 0.25) is 0 Å². The first kappa shape index (κ1) is 25.3. The summed E-state index contributed by atoms with van der Waals surface area (Å²) in [7, 11) is 0. The molecule has 1 saturated carbocycles. The monoisotopic (exact) mass is 487 g/mol. The number of nitro benzene ring substituents is 1. The minimum atomic E-state index is -0.828. The highest BCUT2D eigenvalue weighted by atomic mass is 16.6. The van der Waals surface area contributed by atoms with Crippen LogP contribution in [0.15, 0.2) is 30.3 Å². The Morgan fingerprint density at radius 1 is 1.26 bits per heavy atom. The summed E-state index contributed by atoms with van der Waals surface area (Å²) in [6.45, 7) is 7.48. The fraction of sp³-hybridized carbons (Fsp3) is 0.615. The molecule has 7 atom stereocenters. The van der Waals surface area contributed by atoms with E-state index in [-0.39, 0.29) is 23.4 Å². The summed E-state index contributed by atoms with van der Waals surface area (Å²) in [5, 5.41) is 20.1. The van der Waals surface area contributed by atoms with E-state index in [1.165, 1.54) is 18.2 Å². The normalized spacial score (nSPS) is 35.8. The Labute approximate surface area is 204 Å². The molecule has 2 bridgehead atoms. The zero-order chi connectivity index (χ0) is 25.5. The Bertz CT molecular complexity index is 1020. The van der Waals surface area contributed by atoms with Crippen molar-refractivity contribution in [3.8, 4) is 0 Å². The summed E-state index contributed by atoms with van der Waals surface area (Å²) in [4.78, 5) is 35.4. The topological polar surface area (TPSA) is 125 Å². The molecular formula is C26H33NO8. The summed E-state index contributed by atoms with van der Waals surface area (Å²) in [6.07, 6.45) is 4.04. The lowest BCUT2D eigenvalue weighted by molar-refractivity contribution is -0.384. The number of esters is 2. The Kier molecular flexibility index (Phi) is 6.76. The van der Waals surface area contributed by atoms with Gasteiger partial charge in [-0.15, -0.1) is 0 Å². The van der Waals surface area contributed by atoms with Crippen LogP contribution < -0.4 is 0 Å². The summed E-state index contributed by atoms with van der Waals surface area (Å²) in [6, 6.07) is 5.90. The molecule has 1 unspecified atom stereocenters. The van der Waals surface area contributed by atoms with Gasteiger partial charge >= 0.3 is 11.9 Å². The molecule has 1 aromatic rings. The molecule has 1 N–H and O–H groups in total. The molecule has 1 aliphatic carbocycles. The molecule has 0 radical (unpaired) electrons.